The molecule has 3 aliphatic carbocycles. The van der Waals surface area contributed by atoms with Crippen LogP contribution < -0.4 is 9.80 Å². The van der Waals surface area contributed by atoms with E-state index in [1.54, 1.807) is 48.5 Å². The second-order valence-corrected chi connectivity index (χ2v) is 11.0. The Morgan fingerprint density at radius 1 is 0.579 bits per heavy atom. The van der Waals surface area contributed by atoms with Crippen LogP contribution in [-0.4, -0.2) is 23.6 Å². The smallest absolute Gasteiger partial charge is 0.239 e. The monoisotopic (exact) mass is 542 g/mol. The van der Waals surface area contributed by atoms with Gasteiger partial charge in [0.25, 0.3) is 0 Å². The van der Waals surface area contributed by atoms with E-state index in [1.807, 2.05) is 42.5 Å². The molecule has 0 spiro atoms. The van der Waals surface area contributed by atoms with Crippen LogP contribution in [-0.2, 0) is 24.6 Å². The number of carbonyl (C=O) groups excluding carboxylic acids is 4. The van der Waals surface area contributed by atoms with E-state index >= 15 is 0 Å². The Kier molecular flexibility index (Phi) is 5.00. The van der Waals surface area contributed by atoms with Crippen molar-refractivity contribution < 1.29 is 19.2 Å². The Morgan fingerprint density at radius 2 is 1.03 bits per heavy atom. The van der Waals surface area contributed by atoms with E-state index in [4.69, 9.17) is 23.2 Å². The third-order valence-electron chi connectivity index (χ3n) is 8.62. The molecule has 6 nitrogen and oxygen atoms in total. The molecule has 1 saturated carbocycles. The molecular weight excluding hydrogens is 523 g/mol. The number of anilines is 2. The first-order chi connectivity index (χ1) is 18.4. The molecule has 188 valence electrons. The van der Waals surface area contributed by atoms with Crippen molar-refractivity contribution in [1.82, 2.24) is 0 Å². The van der Waals surface area contributed by atoms with Gasteiger partial charge in [0.15, 0.2) is 0 Å². The second-order valence-electron chi connectivity index (χ2n) is 10.2. The molecule has 2 heterocycles. The van der Waals surface area contributed by atoms with E-state index in [-0.39, 0.29) is 10.0 Å². The number of hydrogen-bond donors (Lipinski definition) is 0. The third kappa shape index (κ3) is 2.79. The summed E-state index contributed by atoms with van der Waals surface area (Å²) in [6.07, 6.45) is 3.75. The third-order valence-corrected chi connectivity index (χ3v) is 9.25. The molecule has 4 amide bonds. The lowest BCUT2D eigenvalue weighted by Crippen LogP contribution is -2.60. The summed E-state index contributed by atoms with van der Waals surface area (Å²) in [5, 5.41) is 0.554. The fraction of sp³-hybridized carbons (Fsp3) is 0.200. The highest BCUT2D eigenvalue weighted by Crippen LogP contribution is 2.65. The summed E-state index contributed by atoms with van der Waals surface area (Å²) in [6, 6.07) is 22.6. The zero-order chi connectivity index (χ0) is 26.3. The van der Waals surface area contributed by atoms with Crippen molar-refractivity contribution >= 4 is 58.2 Å². The number of allylic oxidation sites excluding steroid dienone is 2. The Labute approximate surface area is 228 Å². The minimum absolute atomic E-state index is 0.277. The summed E-state index contributed by atoms with van der Waals surface area (Å²) >= 11 is 12.9. The number of benzene rings is 3. The molecule has 2 unspecified atom stereocenters. The van der Waals surface area contributed by atoms with Gasteiger partial charge >= 0.3 is 0 Å². The van der Waals surface area contributed by atoms with E-state index in [2.05, 4.69) is 0 Å². The van der Waals surface area contributed by atoms with Crippen molar-refractivity contribution in [2.24, 2.45) is 29.6 Å². The molecule has 2 saturated heterocycles. The van der Waals surface area contributed by atoms with Gasteiger partial charge in [-0.15, -0.1) is 0 Å². The summed E-state index contributed by atoms with van der Waals surface area (Å²) in [5.41, 5.74) is 0.128. The molecule has 5 aliphatic rings. The largest absolute Gasteiger partial charge is 0.274 e. The van der Waals surface area contributed by atoms with E-state index < -0.39 is 58.6 Å². The highest BCUT2D eigenvalue weighted by Gasteiger charge is 2.75. The van der Waals surface area contributed by atoms with Crippen LogP contribution in [0.1, 0.15) is 5.56 Å². The fourth-order valence-electron chi connectivity index (χ4n) is 7.22. The Hall–Kier alpha value is -3.74. The number of nitrogens with zero attached hydrogens (tertiary/aromatic N) is 2. The molecule has 3 aromatic carbocycles. The lowest BCUT2D eigenvalue weighted by Gasteiger charge is -2.53. The van der Waals surface area contributed by atoms with Gasteiger partial charge in [-0.05, 0) is 29.8 Å². The van der Waals surface area contributed by atoms with Gasteiger partial charge in [-0.25, -0.2) is 9.80 Å². The standard InChI is InChI=1S/C30H20Cl2N2O4/c31-18-10-4-6-12-20(18)33-26(35)22-17-14-15-30(24(22)28(33)37,16-8-2-1-3-9-16)25-23(17)27(36)34(29(25)38)21-13-7-5-11-19(21)32/h1-15,17,22-25H/t17?,22-,23-,24-,25+,30?/m1/s1. The van der Waals surface area contributed by atoms with Crippen LogP contribution in [0.2, 0.25) is 10.0 Å². The lowest BCUT2D eigenvalue weighted by molar-refractivity contribution is -0.140. The maximum atomic E-state index is 14.2. The molecule has 0 aromatic heterocycles. The Bertz CT molecular complexity index is 1500. The maximum absolute atomic E-state index is 14.2. The van der Waals surface area contributed by atoms with Crippen LogP contribution in [0, 0.1) is 29.6 Å². The number of hydrogen-bond acceptors (Lipinski definition) is 4. The molecule has 0 N–H and O–H groups in total. The number of imide groups is 2. The van der Waals surface area contributed by atoms with Crippen molar-refractivity contribution in [3.8, 4) is 0 Å². The van der Waals surface area contributed by atoms with Crippen LogP contribution >= 0.6 is 23.2 Å². The first-order valence-electron chi connectivity index (χ1n) is 12.4. The number of rotatable bonds is 3. The second kappa shape index (κ2) is 8.13. The molecule has 8 heteroatoms. The summed E-state index contributed by atoms with van der Waals surface area (Å²) in [7, 11) is 0. The van der Waals surface area contributed by atoms with Gasteiger partial charge < -0.3 is 0 Å². The average molecular weight is 543 g/mol. The van der Waals surface area contributed by atoms with Crippen LogP contribution in [0.25, 0.3) is 0 Å². The highest BCUT2D eigenvalue weighted by atomic mass is 35.5. The van der Waals surface area contributed by atoms with Gasteiger partial charge in [0.2, 0.25) is 23.6 Å². The fourth-order valence-corrected chi connectivity index (χ4v) is 7.66. The van der Waals surface area contributed by atoms with Crippen molar-refractivity contribution in [2.75, 3.05) is 9.80 Å². The van der Waals surface area contributed by atoms with E-state index in [9.17, 15) is 19.2 Å². The Balaban J connectivity index is 1.45. The van der Waals surface area contributed by atoms with Crippen LogP contribution in [0.4, 0.5) is 11.4 Å². The van der Waals surface area contributed by atoms with Gasteiger partial charge in [0, 0.05) is 11.3 Å². The molecule has 0 radical (unpaired) electrons. The van der Waals surface area contributed by atoms with Crippen molar-refractivity contribution in [3.63, 3.8) is 0 Å². The summed E-state index contributed by atoms with van der Waals surface area (Å²) in [4.78, 5) is 58.8. The van der Waals surface area contributed by atoms with Gasteiger partial charge in [-0.2, -0.15) is 0 Å². The van der Waals surface area contributed by atoms with Crippen LogP contribution in [0.5, 0.6) is 0 Å². The molecule has 2 aliphatic heterocycles. The van der Waals surface area contributed by atoms with E-state index in [0.717, 1.165) is 9.80 Å². The van der Waals surface area contributed by atoms with Crippen LogP contribution in [0.15, 0.2) is 91.0 Å². The Morgan fingerprint density at radius 3 is 1.50 bits per heavy atom. The topological polar surface area (TPSA) is 74.8 Å². The predicted molar refractivity (Wildman–Crippen MR) is 143 cm³/mol. The number of halogens is 2. The zero-order valence-corrected chi connectivity index (χ0v) is 21.3. The first kappa shape index (κ1) is 23.4. The normalized spacial score (nSPS) is 31.3. The van der Waals surface area contributed by atoms with E-state index in [1.165, 1.54) is 0 Å². The quantitative estimate of drug-likeness (QED) is 0.343. The summed E-state index contributed by atoms with van der Waals surface area (Å²) in [5.74, 6) is -5.62. The van der Waals surface area contributed by atoms with E-state index in [0.29, 0.717) is 16.9 Å². The molecule has 3 fully saturated rings. The molecule has 3 aromatic rings. The molecule has 2 bridgehead atoms. The van der Waals surface area contributed by atoms with Crippen LogP contribution in [0.3, 0.4) is 0 Å². The molecule has 6 atom stereocenters. The highest BCUT2D eigenvalue weighted by molar-refractivity contribution is 6.37. The lowest BCUT2D eigenvalue weighted by atomic mass is 9.45. The van der Waals surface area contributed by atoms with Gasteiger partial charge in [0.05, 0.1) is 45.1 Å². The molecule has 8 rings (SSSR count). The summed E-state index contributed by atoms with van der Waals surface area (Å²) in [6.45, 7) is 0. The average Bonchev–Trinajstić information content (AvgIpc) is 3.37. The van der Waals surface area contributed by atoms with Gasteiger partial charge in [-0.1, -0.05) is 90.0 Å². The minimum Gasteiger partial charge on any atom is -0.274 e. The number of para-hydroxylation sites is 2. The minimum atomic E-state index is -1.20. The van der Waals surface area contributed by atoms with Crippen molar-refractivity contribution in [2.45, 2.75) is 5.41 Å². The van der Waals surface area contributed by atoms with Crippen molar-refractivity contribution in [3.05, 3.63) is 107 Å². The SMILES string of the molecule is O=C1[C@@H]2C3C=CC(c4ccccc4)([C@@H]2C(=O)N1c1ccccc1Cl)[C@H]1C(=O)N(c2ccccc2Cl)C(=O)[C@H]31. The number of carbonyl (C=O) groups is 4. The zero-order valence-electron chi connectivity index (χ0n) is 19.8. The maximum Gasteiger partial charge on any atom is 0.239 e. The number of amides is 4. The first-order valence-corrected chi connectivity index (χ1v) is 13.1. The summed E-state index contributed by atoms with van der Waals surface area (Å²) < 4.78 is 0. The van der Waals surface area contributed by atoms with Gasteiger partial charge in [0.1, 0.15) is 0 Å². The molecule has 38 heavy (non-hydrogen) atoms. The van der Waals surface area contributed by atoms with Crippen molar-refractivity contribution in [1.29, 1.82) is 0 Å². The predicted octanol–water partition coefficient (Wildman–Crippen LogP) is 5.04. The van der Waals surface area contributed by atoms with Gasteiger partial charge in [-0.3, -0.25) is 19.2 Å². The molecular formula is C30H20Cl2N2O4.